The van der Waals surface area contributed by atoms with E-state index in [-0.39, 0.29) is 30.2 Å². The molecule has 1 amide bonds. The minimum atomic E-state index is -0.427. The van der Waals surface area contributed by atoms with Crippen molar-refractivity contribution in [3.63, 3.8) is 0 Å². The first-order chi connectivity index (χ1) is 10.7. The number of rotatable bonds is 5. The van der Waals surface area contributed by atoms with Crippen LogP contribution in [-0.2, 0) is 11.3 Å². The highest BCUT2D eigenvalue weighted by molar-refractivity contribution is 5.86. The summed E-state index contributed by atoms with van der Waals surface area (Å²) in [7, 11) is 1.57. The lowest BCUT2D eigenvalue weighted by Gasteiger charge is -2.21. The second kappa shape index (κ2) is 8.11. The highest BCUT2D eigenvalue weighted by atomic mass is 16.6. The Bertz CT molecular complexity index is 593. The van der Waals surface area contributed by atoms with Gasteiger partial charge in [0.05, 0.1) is 11.5 Å². The number of nitrogens with one attached hydrogen (secondary N) is 3. The van der Waals surface area contributed by atoms with E-state index in [2.05, 4.69) is 20.9 Å². The first-order valence-corrected chi connectivity index (χ1v) is 7.21. The molecule has 0 saturated carbocycles. The van der Waals surface area contributed by atoms with Crippen molar-refractivity contribution < 1.29 is 9.72 Å². The Morgan fingerprint density at radius 2 is 1.91 bits per heavy atom. The number of hydrogen-bond donors (Lipinski definition) is 3. The van der Waals surface area contributed by atoms with E-state index in [1.165, 1.54) is 6.07 Å². The van der Waals surface area contributed by atoms with Crippen LogP contribution in [0.3, 0.4) is 0 Å². The lowest BCUT2D eigenvalue weighted by Crippen LogP contribution is -2.48. The van der Waals surface area contributed by atoms with Gasteiger partial charge in [0.1, 0.15) is 0 Å². The molecule has 8 nitrogen and oxygen atoms in total. The molecule has 0 saturated heterocycles. The Kier molecular flexibility index (Phi) is 6.49. The zero-order valence-electron chi connectivity index (χ0n) is 13.8. The zero-order valence-corrected chi connectivity index (χ0v) is 13.8. The molecule has 0 aromatic heterocycles. The van der Waals surface area contributed by atoms with Crippen LogP contribution in [-0.4, -0.2) is 35.9 Å². The molecule has 1 aromatic carbocycles. The number of nitrogens with zero attached hydrogens (tertiary/aromatic N) is 2. The number of nitro groups is 1. The van der Waals surface area contributed by atoms with E-state index >= 15 is 0 Å². The standard InChI is InChI=1S/C15H23N5O3/c1-15(2,3)19-13(21)10-18-14(16-4)17-9-11-7-5-6-8-12(11)20(22)23/h5-8H,9-10H2,1-4H3,(H,19,21)(H2,16,17,18). The van der Waals surface area contributed by atoms with E-state index in [9.17, 15) is 14.9 Å². The fraction of sp³-hybridized carbons (Fsp3) is 0.467. The van der Waals surface area contributed by atoms with Crippen molar-refractivity contribution in [1.82, 2.24) is 16.0 Å². The molecule has 0 heterocycles. The summed E-state index contributed by atoms with van der Waals surface area (Å²) in [5.41, 5.74) is 0.279. The molecule has 0 atom stereocenters. The summed E-state index contributed by atoms with van der Waals surface area (Å²) >= 11 is 0. The van der Waals surface area contributed by atoms with Crippen molar-refractivity contribution in [1.29, 1.82) is 0 Å². The second-order valence-corrected chi connectivity index (χ2v) is 5.96. The van der Waals surface area contributed by atoms with Crippen LogP contribution < -0.4 is 16.0 Å². The molecule has 0 aliphatic carbocycles. The summed E-state index contributed by atoms with van der Waals surface area (Å²) in [6, 6.07) is 6.47. The molecule has 0 aliphatic rings. The Labute approximate surface area is 135 Å². The minimum Gasteiger partial charge on any atom is -0.352 e. The van der Waals surface area contributed by atoms with E-state index in [0.717, 1.165) is 0 Å². The van der Waals surface area contributed by atoms with Gasteiger partial charge in [-0.15, -0.1) is 0 Å². The molecular weight excluding hydrogens is 298 g/mol. The average molecular weight is 321 g/mol. The first kappa shape index (κ1) is 18.4. The lowest BCUT2D eigenvalue weighted by atomic mass is 10.1. The molecule has 0 bridgehead atoms. The molecule has 1 rings (SSSR count). The topological polar surface area (TPSA) is 109 Å². The number of hydrogen-bond acceptors (Lipinski definition) is 4. The van der Waals surface area contributed by atoms with E-state index < -0.39 is 4.92 Å². The van der Waals surface area contributed by atoms with Crippen LogP contribution in [0, 0.1) is 10.1 Å². The van der Waals surface area contributed by atoms with Gasteiger partial charge in [0.2, 0.25) is 5.91 Å². The maximum absolute atomic E-state index is 11.8. The number of aliphatic imine (C=N–C) groups is 1. The molecule has 0 radical (unpaired) electrons. The highest BCUT2D eigenvalue weighted by Gasteiger charge is 2.15. The molecule has 1 aromatic rings. The molecule has 0 aliphatic heterocycles. The Hall–Kier alpha value is -2.64. The molecule has 3 N–H and O–H groups in total. The van der Waals surface area contributed by atoms with Gasteiger partial charge in [0.15, 0.2) is 5.96 Å². The minimum absolute atomic E-state index is 0.0425. The molecule has 0 unspecified atom stereocenters. The Balaban J connectivity index is 2.56. The average Bonchev–Trinajstić information content (AvgIpc) is 2.45. The fourth-order valence-electron chi connectivity index (χ4n) is 1.86. The highest BCUT2D eigenvalue weighted by Crippen LogP contribution is 2.16. The van der Waals surface area contributed by atoms with E-state index in [1.54, 1.807) is 25.2 Å². The van der Waals surface area contributed by atoms with Gasteiger partial charge in [0.25, 0.3) is 5.69 Å². The summed E-state index contributed by atoms with van der Waals surface area (Å²) in [6.45, 7) is 5.98. The van der Waals surface area contributed by atoms with Crippen molar-refractivity contribution in [3.05, 3.63) is 39.9 Å². The smallest absolute Gasteiger partial charge is 0.274 e. The summed E-state index contributed by atoms with van der Waals surface area (Å²) < 4.78 is 0. The normalized spacial score (nSPS) is 11.7. The van der Waals surface area contributed by atoms with Crippen molar-refractivity contribution in [3.8, 4) is 0 Å². The summed E-state index contributed by atoms with van der Waals surface area (Å²) in [4.78, 5) is 26.3. The SMILES string of the molecule is CN=C(NCC(=O)NC(C)(C)C)NCc1ccccc1[N+](=O)[O-]. The molecule has 0 spiro atoms. The van der Waals surface area contributed by atoms with Crippen LogP contribution in [0.1, 0.15) is 26.3 Å². The fourth-order valence-corrected chi connectivity index (χ4v) is 1.86. The van der Waals surface area contributed by atoms with Crippen LogP contribution >= 0.6 is 0 Å². The molecule has 8 heteroatoms. The number of para-hydroxylation sites is 1. The maximum atomic E-state index is 11.8. The largest absolute Gasteiger partial charge is 0.352 e. The molecule has 23 heavy (non-hydrogen) atoms. The maximum Gasteiger partial charge on any atom is 0.274 e. The quantitative estimate of drug-likeness (QED) is 0.326. The van der Waals surface area contributed by atoms with Crippen molar-refractivity contribution >= 4 is 17.6 Å². The third kappa shape index (κ3) is 6.77. The lowest BCUT2D eigenvalue weighted by molar-refractivity contribution is -0.385. The van der Waals surface area contributed by atoms with E-state index in [1.807, 2.05) is 20.8 Å². The van der Waals surface area contributed by atoms with Gasteiger partial charge in [-0.05, 0) is 20.8 Å². The number of amides is 1. The monoisotopic (exact) mass is 321 g/mol. The third-order valence-corrected chi connectivity index (χ3v) is 2.79. The predicted molar refractivity (Wildman–Crippen MR) is 89.2 cm³/mol. The van der Waals surface area contributed by atoms with Crippen molar-refractivity contribution in [2.75, 3.05) is 13.6 Å². The molecular formula is C15H23N5O3. The molecule has 126 valence electrons. The first-order valence-electron chi connectivity index (χ1n) is 7.21. The van der Waals surface area contributed by atoms with Crippen LogP contribution in [0.2, 0.25) is 0 Å². The Morgan fingerprint density at radius 1 is 1.26 bits per heavy atom. The number of guanidine groups is 1. The van der Waals surface area contributed by atoms with Gasteiger partial charge in [-0.1, -0.05) is 18.2 Å². The third-order valence-electron chi connectivity index (χ3n) is 2.79. The zero-order chi connectivity index (χ0) is 17.5. The van der Waals surface area contributed by atoms with E-state index in [0.29, 0.717) is 11.5 Å². The Morgan fingerprint density at radius 3 is 2.48 bits per heavy atom. The van der Waals surface area contributed by atoms with Gasteiger partial charge in [-0.2, -0.15) is 0 Å². The van der Waals surface area contributed by atoms with Crippen LogP contribution in [0.5, 0.6) is 0 Å². The van der Waals surface area contributed by atoms with Crippen LogP contribution in [0.15, 0.2) is 29.3 Å². The number of nitro benzene ring substituents is 1. The van der Waals surface area contributed by atoms with Gasteiger partial charge in [0, 0.05) is 30.8 Å². The van der Waals surface area contributed by atoms with Crippen LogP contribution in [0.4, 0.5) is 5.69 Å². The van der Waals surface area contributed by atoms with Gasteiger partial charge < -0.3 is 16.0 Å². The predicted octanol–water partition coefficient (Wildman–Crippen LogP) is 1.17. The number of carbonyl (C=O) groups is 1. The van der Waals surface area contributed by atoms with Crippen molar-refractivity contribution in [2.24, 2.45) is 4.99 Å². The summed E-state index contributed by atoms with van der Waals surface area (Å²) in [6.07, 6.45) is 0. The number of carbonyl (C=O) groups excluding carboxylic acids is 1. The van der Waals surface area contributed by atoms with Crippen LogP contribution in [0.25, 0.3) is 0 Å². The van der Waals surface area contributed by atoms with Gasteiger partial charge >= 0.3 is 0 Å². The summed E-state index contributed by atoms with van der Waals surface area (Å²) in [5.74, 6) is 0.235. The van der Waals surface area contributed by atoms with Crippen molar-refractivity contribution in [2.45, 2.75) is 32.9 Å². The number of benzene rings is 1. The second-order valence-electron chi connectivity index (χ2n) is 5.96. The summed E-state index contributed by atoms with van der Waals surface area (Å²) in [5, 5.41) is 19.6. The van der Waals surface area contributed by atoms with E-state index in [4.69, 9.17) is 0 Å². The van der Waals surface area contributed by atoms with Gasteiger partial charge in [-0.25, -0.2) is 0 Å². The molecule has 0 fully saturated rings. The van der Waals surface area contributed by atoms with Gasteiger partial charge in [-0.3, -0.25) is 19.9 Å².